The van der Waals surface area contributed by atoms with Crippen LogP contribution in [0.2, 0.25) is 0 Å². The number of nitrogens with zero attached hydrogens (tertiary/aromatic N) is 2. The maximum absolute atomic E-state index is 12.8. The third-order valence-corrected chi connectivity index (χ3v) is 4.51. The SMILES string of the molecule is C=C(C)CN1CCC(NC(=NCC#Cc2cccc(C(F)(F)F)c2)NCC)CC1. The van der Waals surface area contributed by atoms with Crippen LogP contribution in [0.3, 0.4) is 0 Å². The Labute approximate surface area is 171 Å². The van der Waals surface area contributed by atoms with E-state index in [1.807, 2.05) is 13.8 Å². The normalized spacial score (nSPS) is 16.1. The van der Waals surface area contributed by atoms with E-state index in [-0.39, 0.29) is 6.54 Å². The fourth-order valence-electron chi connectivity index (χ4n) is 3.16. The van der Waals surface area contributed by atoms with Gasteiger partial charge in [-0.25, -0.2) is 4.99 Å². The average molecular weight is 406 g/mol. The first-order valence-corrected chi connectivity index (χ1v) is 9.85. The molecule has 0 bridgehead atoms. The summed E-state index contributed by atoms with van der Waals surface area (Å²) in [6.45, 7) is 11.9. The van der Waals surface area contributed by atoms with Gasteiger partial charge in [-0.15, -0.1) is 0 Å². The monoisotopic (exact) mass is 406 g/mol. The molecule has 0 amide bonds. The van der Waals surface area contributed by atoms with Crippen molar-refractivity contribution >= 4 is 5.96 Å². The van der Waals surface area contributed by atoms with E-state index >= 15 is 0 Å². The van der Waals surface area contributed by atoms with Gasteiger partial charge in [0.1, 0.15) is 6.54 Å². The van der Waals surface area contributed by atoms with Gasteiger partial charge in [-0.2, -0.15) is 13.2 Å². The van der Waals surface area contributed by atoms with Crippen molar-refractivity contribution in [2.75, 3.05) is 32.7 Å². The summed E-state index contributed by atoms with van der Waals surface area (Å²) in [7, 11) is 0. The van der Waals surface area contributed by atoms with E-state index in [1.165, 1.54) is 11.6 Å². The van der Waals surface area contributed by atoms with Gasteiger partial charge in [0.15, 0.2) is 5.96 Å². The number of halogens is 3. The van der Waals surface area contributed by atoms with Gasteiger partial charge in [0.25, 0.3) is 0 Å². The van der Waals surface area contributed by atoms with Crippen LogP contribution in [0.15, 0.2) is 41.4 Å². The molecular formula is C22H29F3N4. The summed E-state index contributed by atoms with van der Waals surface area (Å²) >= 11 is 0. The lowest BCUT2D eigenvalue weighted by molar-refractivity contribution is -0.137. The molecule has 0 unspecified atom stereocenters. The molecule has 1 aromatic rings. The molecule has 29 heavy (non-hydrogen) atoms. The van der Waals surface area contributed by atoms with E-state index in [1.54, 1.807) is 6.07 Å². The molecule has 1 fully saturated rings. The third kappa shape index (κ3) is 8.20. The van der Waals surface area contributed by atoms with Crippen molar-refractivity contribution in [3.8, 4) is 11.8 Å². The van der Waals surface area contributed by atoms with Gasteiger partial charge < -0.3 is 10.6 Å². The number of aliphatic imine (C=N–C) groups is 1. The van der Waals surface area contributed by atoms with Crippen molar-refractivity contribution in [1.29, 1.82) is 0 Å². The third-order valence-electron chi connectivity index (χ3n) is 4.51. The Bertz CT molecular complexity index is 766. The van der Waals surface area contributed by atoms with Crippen LogP contribution < -0.4 is 10.6 Å². The van der Waals surface area contributed by atoms with E-state index in [2.05, 4.69) is 38.9 Å². The molecule has 0 spiro atoms. The highest BCUT2D eigenvalue weighted by atomic mass is 19.4. The Hall–Kier alpha value is -2.46. The number of likely N-dealkylation sites (tertiary alicyclic amines) is 1. The Morgan fingerprint density at radius 2 is 2.03 bits per heavy atom. The second-order valence-corrected chi connectivity index (χ2v) is 7.23. The number of benzene rings is 1. The molecule has 1 saturated heterocycles. The number of rotatable bonds is 5. The molecule has 0 aliphatic carbocycles. The highest BCUT2D eigenvalue weighted by Gasteiger charge is 2.30. The van der Waals surface area contributed by atoms with E-state index in [9.17, 15) is 13.2 Å². The molecule has 158 valence electrons. The quantitative estimate of drug-likeness (QED) is 0.339. The van der Waals surface area contributed by atoms with Crippen LogP contribution in [0.1, 0.15) is 37.8 Å². The number of nitrogens with one attached hydrogen (secondary N) is 2. The Balaban J connectivity index is 1.90. The van der Waals surface area contributed by atoms with Crippen LogP contribution in [-0.4, -0.2) is 49.6 Å². The Morgan fingerprint density at radius 1 is 1.31 bits per heavy atom. The van der Waals surface area contributed by atoms with Crippen LogP contribution in [0, 0.1) is 11.8 Å². The summed E-state index contributed by atoms with van der Waals surface area (Å²) < 4.78 is 38.3. The number of hydrogen-bond acceptors (Lipinski definition) is 2. The van der Waals surface area contributed by atoms with Crippen LogP contribution in [0.5, 0.6) is 0 Å². The van der Waals surface area contributed by atoms with E-state index in [4.69, 9.17) is 0 Å². The largest absolute Gasteiger partial charge is 0.416 e. The van der Waals surface area contributed by atoms with Crippen molar-refractivity contribution < 1.29 is 13.2 Å². The van der Waals surface area contributed by atoms with Gasteiger partial charge in [-0.3, -0.25) is 4.90 Å². The van der Waals surface area contributed by atoms with E-state index in [0.717, 1.165) is 51.2 Å². The molecule has 0 aromatic heterocycles. The second-order valence-electron chi connectivity index (χ2n) is 7.23. The first-order valence-electron chi connectivity index (χ1n) is 9.85. The molecule has 1 aromatic carbocycles. The fourth-order valence-corrected chi connectivity index (χ4v) is 3.16. The maximum Gasteiger partial charge on any atom is 0.416 e. The van der Waals surface area contributed by atoms with Crippen molar-refractivity contribution in [2.45, 2.75) is 38.9 Å². The zero-order chi connectivity index (χ0) is 21.3. The van der Waals surface area contributed by atoms with Crippen LogP contribution in [-0.2, 0) is 6.18 Å². The molecule has 0 atom stereocenters. The number of guanidine groups is 1. The van der Waals surface area contributed by atoms with Gasteiger partial charge >= 0.3 is 6.18 Å². The molecule has 0 radical (unpaired) electrons. The number of alkyl halides is 3. The minimum atomic E-state index is -4.36. The predicted octanol–water partition coefficient (Wildman–Crippen LogP) is 3.65. The summed E-state index contributed by atoms with van der Waals surface area (Å²) in [4.78, 5) is 6.83. The topological polar surface area (TPSA) is 39.7 Å². The van der Waals surface area contributed by atoms with Crippen molar-refractivity contribution in [3.63, 3.8) is 0 Å². The van der Waals surface area contributed by atoms with Gasteiger partial charge in [0.2, 0.25) is 0 Å². The molecule has 1 heterocycles. The lowest BCUT2D eigenvalue weighted by Crippen LogP contribution is -2.48. The Morgan fingerprint density at radius 3 is 2.66 bits per heavy atom. The minimum absolute atomic E-state index is 0.208. The Kier molecular flexibility index (Phi) is 8.59. The summed E-state index contributed by atoms with van der Waals surface area (Å²) in [5.41, 5.74) is 0.810. The summed E-state index contributed by atoms with van der Waals surface area (Å²) in [5, 5.41) is 6.63. The lowest BCUT2D eigenvalue weighted by atomic mass is 10.0. The number of hydrogen-bond donors (Lipinski definition) is 2. The van der Waals surface area contributed by atoms with Gasteiger partial charge in [0, 0.05) is 37.8 Å². The summed E-state index contributed by atoms with van der Waals surface area (Å²) in [5.74, 6) is 6.27. The molecular weight excluding hydrogens is 377 g/mol. The number of piperidine rings is 1. The van der Waals surface area contributed by atoms with Crippen LogP contribution in [0.25, 0.3) is 0 Å². The molecule has 2 rings (SSSR count). The lowest BCUT2D eigenvalue weighted by Gasteiger charge is -2.33. The minimum Gasteiger partial charge on any atom is -0.357 e. The predicted molar refractivity (Wildman–Crippen MR) is 112 cm³/mol. The van der Waals surface area contributed by atoms with Gasteiger partial charge in [-0.1, -0.05) is 30.1 Å². The first kappa shape index (κ1) is 22.8. The fraction of sp³-hybridized carbons (Fsp3) is 0.500. The second kappa shape index (κ2) is 10.9. The van der Waals surface area contributed by atoms with Crippen molar-refractivity contribution in [3.05, 3.63) is 47.5 Å². The zero-order valence-corrected chi connectivity index (χ0v) is 17.1. The maximum atomic E-state index is 12.8. The van der Waals surface area contributed by atoms with Crippen molar-refractivity contribution in [1.82, 2.24) is 15.5 Å². The average Bonchev–Trinajstić information content (AvgIpc) is 2.66. The van der Waals surface area contributed by atoms with Gasteiger partial charge in [-0.05, 0) is 44.9 Å². The molecule has 1 aliphatic rings. The van der Waals surface area contributed by atoms with E-state index in [0.29, 0.717) is 17.6 Å². The molecule has 7 heteroatoms. The van der Waals surface area contributed by atoms with Gasteiger partial charge in [0.05, 0.1) is 5.56 Å². The van der Waals surface area contributed by atoms with Crippen LogP contribution >= 0.6 is 0 Å². The zero-order valence-electron chi connectivity index (χ0n) is 17.1. The first-order chi connectivity index (χ1) is 13.8. The summed E-state index contributed by atoms with van der Waals surface area (Å²) in [6, 6.07) is 5.36. The molecule has 2 N–H and O–H groups in total. The smallest absolute Gasteiger partial charge is 0.357 e. The molecule has 4 nitrogen and oxygen atoms in total. The van der Waals surface area contributed by atoms with Crippen LogP contribution in [0.4, 0.5) is 13.2 Å². The highest BCUT2D eigenvalue weighted by Crippen LogP contribution is 2.29. The highest BCUT2D eigenvalue weighted by molar-refractivity contribution is 5.80. The summed E-state index contributed by atoms with van der Waals surface area (Å²) in [6.07, 6.45) is -2.32. The standard InChI is InChI=1S/C22H29F3N4/c1-4-26-21(28-20-10-13-29(14-11-20)16-17(2)3)27-12-6-8-18-7-5-9-19(15-18)22(23,24)25/h5,7,9,15,20H,2,4,10-14,16H2,1,3H3,(H2,26,27,28). The molecule has 0 saturated carbocycles. The van der Waals surface area contributed by atoms with Crippen molar-refractivity contribution in [2.24, 2.45) is 4.99 Å². The van der Waals surface area contributed by atoms with E-state index < -0.39 is 11.7 Å². The molecule has 1 aliphatic heterocycles.